The number of esters is 1. The van der Waals surface area contributed by atoms with Gasteiger partial charge in [0.25, 0.3) is 0 Å². The van der Waals surface area contributed by atoms with Gasteiger partial charge in [-0.1, -0.05) is 11.6 Å². The van der Waals surface area contributed by atoms with Gasteiger partial charge in [0.15, 0.2) is 0 Å². The number of methoxy groups -OCH3 is 1. The smallest absolute Gasteiger partial charge is 0.337 e. The molecule has 3 rings (SSSR count). The van der Waals surface area contributed by atoms with Crippen LogP contribution in [0.15, 0.2) is 48.5 Å². The summed E-state index contributed by atoms with van der Waals surface area (Å²) < 4.78 is 10.7. The lowest BCUT2D eigenvalue weighted by Gasteiger charge is -2.11. The second-order valence-corrected chi connectivity index (χ2v) is 5.48. The number of carbonyl (C=O) groups is 1. The van der Waals surface area contributed by atoms with Gasteiger partial charge in [-0.2, -0.15) is 0 Å². The van der Waals surface area contributed by atoms with Crippen LogP contribution in [0.5, 0.6) is 11.5 Å². The van der Waals surface area contributed by atoms with Crippen LogP contribution >= 0.6 is 11.6 Å². The molecule has 0 amide bonds. The highest BCUT2D eigenvalue weighted by atomic mass is 35.5. The van der Waals surface area contributed by atoms with Crippen LogP contribution in [0.2, 0.25) is 5.02 Å². The van der Waals surface area contributed by atoms with E-state index in [9.17, 15) is 4.79 Å². The van der Waals surface area contributed by atoms with Crippen molar-refractivity contribution in [2.75, 3.05) is 7.11 Å². The number of halogens is 1. The molecule has 0 unspecified atom stereocenters. The summed E-state index contributed by atoms with van der Waals surface area (Å²) in [4.78, 5) is 16.2. The van der Waals surface area contributed by atoms with E-state index in [0.29, 0.717) is 22.1 Å². The van der Waals surface area contributed by atoms with E-state index in [1.165, 1.54) is 7.11 Å². The maximum absolute atomic E-state index is 11.7. The van der Waals surface area contributed by atoms with Crippen LogP contribution in [-0.4, -0.2) is 18.1 Å². The van der Waals surface area contributed by atoms with Crippen molar-refractivity contribution in [3.63, 3.8) is 0 Å². The third kappa shape index (κ3) is 3.27. The molecule has 0 aliphatic heterocycles. The fraction of sp³-hybridized carbons (Fsp3) is 0.111. The maximum atomic E-state index is 11.7. The first-order chi connectivity index (χ1) is 11.1. The Labute approximate surface area is 138 Å². The number of rotatable bonds is 3. The Morgan fingerprint density at radius 1 is 1.09 bits per heavy atom. The van der Waals surface area contributed by atoms with Crippen LogP contribution in [-0.2, 0) is 4.74 Å². The Balaban J connectivity index is 2.09. The third-order valence-electron chi connectivity index (χ3n) is 3.36. The van der Waals surface area contributed by atoms with Crippen molar-refractivity contribution in [2.24, 2.45) is 0 Å². The topological polar surface area (TPSA) is 48.4 Å². The molecule has 0 radical (unpaired) electrons. The Kier molecular flexibility index (Phi) is 4.17. The van der Waals surface area contributed by atoms with E-state index in [-0.39, 0.29) is 0 Å². The van der Waals surface area contributed by atoms with Gasteiger partial charge in [0, 0.05) is 22.2 Å². The van der Waals surface area contributed by atoms with Crippen LogP contribution in [0.4, 0.5) is 0 Å². The van der Waals surface area contributed by atoms with Crippen LogP contribution in [0.25, 0.3) is 10.9 Å². The van der Waals surface area contributed by atoms with Gasteiger partial charge < -0.3 is 9.47 Å². The van der Waals surface area contributed by atoms with Crippen molar-refractivity contribution in [2.45, 2.75) is 6.92 Å². The van der Waals surface area contributed by atoms with E-state index in [4.69, 9.17) is 21.1 Å². The Bertz CT molecular complexity index is 875. The van der Waals surface area contributed by atoms with Crippen LogP contribution in [0.1, 0.15) is 16.1 Å². The maximum Gasteiger partial charge on any atom is 0.337 e. The molecule has 116 valence electrons. The molecule has 5 heteroatoms. The molecule has 0 fully saturated rings. The molecule has 1 aromatic heterocycles. The molecule has 0 aliphatic carbocycles. The number of aromatic nitrogens is 1. The molecule has 3 aromatic rings. The summed E-state index contributed by atoms with van der Waals surface area (Å²) in [5, 5.41) is 1.38. The summed E-state index contributed by atoms with van der Waals surface area (Å²) in [7, 11) is 1.35. The van der Waals surface area contributed by atoms with Gasteiger partial charge in [-0.3, -0.25) is 4.98 Å². The monoisotopic (exact) mass is 327 g/mol. The minimum absolute atomic E-state index is 0.398. The number of hydrogen-bond acceptors (Lipinski definition) is 4. The summed E-state index contributed by atoms with van der Waals surface area (Å²) in [6, 6.07) is 14.1. The van der Waals surface area contributed by atoms with Gasteiger partial charge in [0.1, 0.15) is 11.5 Å². The van der Waals surface area contributed by atoms with Crippen molar-refractivity contribution < 1.29 is 14.3 Å². The number of benzene rings is 2. The number of carbonyl (C=O) groups excluding carboxylic acids is 1. The Morgan fingerprint density at radius 3 is 2.52 bits per heavy atom. The molecule has 0 saturated carbocycles. The van der Waals surface area contributed by atoms with E-state index in [0.717, 1.165) is 16.6 Å². The van der Waals surface area contributed by atoms with E-state index < -0.39 is 5.97 Å². The molecule has 0 saturated heterocycles. The molecule has 2 aromatic carbocycles. The molecule has 0 N–H and O–H groups in total. The summed E-state index contributed by atoms with van der Waals surface area (Å²) in [5.41, 5.74) is 2.03. The van der Waals surface area contributed by atoms with Crippen molar-refractivity contribution >= 4 is 28.5 Å². The van der Waals surface area contributed by atoms with Crippen LogP contribution in [0, 0.1) is 6.92 Å². The molecule has 0 atom stereocenters. The molecule has 23 heavy (non-hydrogen) atoms. The van der Waals surface area contributed by atoms with Gasteiger partial charge in [-0.25, -0.2) is 4.79 Å². The third-order valence-corrected chi connectivity index (χ3v) is 3.61. The predicted octanol–water partition coefficient (Wildman–Crippen LogP) is 4.78. The molecule has 4 nitrogen and oxygen atoms in total. The summed E-state index contributed by atoms with van der Waals surface area (Å²) in [6.45, 7) is 1.89. The fourth-order valence-corrected chi connectivity index (χ4v) is 2.41. The van der Waals surface area contributed by atoms with Crippen molar-refractivity contribution in [3.8, 4) is 11.5 Å². The second kappa shape index (κ2) is 6.26. The lowest BCUT2D eigenvalue weighted by molar-refractivity contribution is 0.0601. The average Bonchev–Trinajstić information content (AvgIpc) is 2.55. The first kappa shape index (κ1) is 15.3. The van der Waals surface area contributed by atoms with E-state index in [2.05, 4.69) is 4.98 Å². The summed E-state index contributed by atoms with van der Waals surface area (Å²) in [5.74, 6) is 0.885. The standard InChI is InChI=1S/C18H14ClNO3/c1-11-9-17(23-14-6-4-13(19)5-7-14)15-10-12(18(21)22-2)3-8-16(15)20-11/h3-10H,1-2H3. The van der Waals surface area contributed by atoms with E-state index >= 15 is 0 Å². The first-order valence-corrected chi connectivity index (χ1v) is 7.38. The lowest BCUT2D eigenvalue weighted by atomic mass is 10.1. The van der Waals surface area contributed by atoms with E-state index in [1.54, 1.807) is 42.5 Å². The average molecular weight is 328 g/mol. The van der Waals surface area contributed by atoms with Gasteiger partial charge >= 0.3 is 5.97 Å². The SMILES string of the molecule is COC(=O)c1ccc2nc(C)cc(Oc3ccc(Cl)cc3)c2c1. The zero-order valence-electron chi connectivity index (χ0n) is 12.7. The Hall–Kier alpha value is -2.59. The Morgan fingerprint density at radius 2 is 1.83 bits per heavy atom. The van der Waals surface area contributed by atoms with Gasteiger partial charge in [-0.05, 0) is 49.4 Å². The number of aryl methyl sites for hydroxylation is 1. The first-order valence-electron chi connectivity index (χ1n) is 7.00. The van der Waals surface area contributed by atoms with Crippen molar-refractivity contribution in [1.82, 2.24) is 4.98 Å². The highest BCUT2D eigenvalue weighted by Crippen LogP contribution is 2.31. The van der Waals surface area contributed by atoms with Crippen molar-refractivity contribution in [3.05, 3.63) is 64.8 Å². The molecule has 0 spiro atoms. The number of hydrogen-bond donors (Lipinski definition) is 0. The minimum Gasteiger partial charge on any atom is -0.465 e. The molecular formula is C18H14ClNO3. The lowest BCUT2D eigenvalue weighted by Crippen LogP contribution is -2.01. The second-order valence-electron chi connectivity index (χ2n) is 5.04. The fourth-order valence-electron chi connectivity index (χ4n) is 2.28. The number of nitrogens with zero attached hydrogens (tertiary/aromatic N) is 1. The highest BCUT2D eigenvalue weighted by Gasteiger charge is 2.11. The van der Waals surface area contributed by atoms with Gasteiger partial charge in [0.2, 0.25) is 0 Å². The largest absolute Gasteiger partial charge is 0.465 e. The number of ether oxygens (including phenoxy) is 2. The molecule has 0 aliphatic rings. The van der Waals surface area contributed by atoms with E-state index in [1.807, 2.05) is 13.0 Å². The molecule has 0 bridgehead atoms. The highest BCUT2D eigenvalue weighted by molar-refractivity contribution is 6.30. The number of fused-ring (bicyclic) bond motifs is 1. The quantitative estimate of drug-likeness (QED) is 0.650. The number of pyridine rings is 1. The molecular weight excluding hydrogens is 314 g/mol. The van der Waals surface area contributed by atoms with Gasteiger partial charge in [-0.15, -0.1) is 0 Å². The molecule has 1 heterocycles. The predicted molar refractivity (Wildman–Crippen MR) is 89.3 cm³/mol. The van der Waals surface area contributed by atoms with Crippen LogP contribution < -0.4 is 4.74 Å². The van der Waals surface area contributed by atoms with Crippen molar-refractivity contribution in [1.29, 1.82) is 0 Å². The van der Waals surface area contributed by atoms with Gasteiger partial charge in [0.05, 0.1) is 18.2 Å². The zero-order valence-corrected chi connectivity index (χ0v) is 13.4. The van der Waals surface area contributed by atoms with Crippen LogP contribution in [0.3, 0.4) is 0 Å². The summed E-state index contributed by atoms with van der Waals surface area (Å²) in [6.07, 6.45) is 0. The summed E-state index contributed by atoms with van der Waals surface area (Å²) >= 11 is 5.89. The zero-order chi connectivity index (χ0) is 16.4. The normalized spacial score (nSPS) is 10.6. The minimum atomic E-state index is -0.398.